The molecule has 0 aromatic carbocycles. The molecule has 12 heavy (non-hydrogen) atoms. The molecule has 2 aliphatic carbocycles. The quantitative estimate of drug-likeness (QED) is 0.557. The zero-order valence-corrected chi connectivity index (χ0v) is 8.93. The van der Waals surface area contributed by atoms with Crippen LogP contribution in [0.5, 0.6) is 0 Å². The Morgan fingerprint density at radius 2 is 1.67 bits per heavy atom. The molecular weight excluding hydrogens is 144 g/mol. The Balaban J connectivity index is 1.96. The van der Waals surface area contributed by atoms with E-state index in [0.29, 0.717) is 0 Å². The third kappa shape index (κ3) is 0.963. The molecule has 0 N–H and O–H groups in total. The van der Waals surface area contributed by atoms with E-state index in [4.69, 9.17) is 0 Å². The number of rotatable bonds is 1. The number of hydrogen-bond acceptors (Lipinski definition) is 0. The third-order valence-corrected chi connectivity index (χ3v) is 4.96. The van der Waals surface area contributed by atoms with Crippen LogP contribution in [0.4, 0.5) is 0 Å². The first-order chi connectivity index (χ1) is 5.54. The van der Waals surface area contributed by atoms with Gasteiger partial charge in [0.1, 0.15) is 0 Å². The van der Waals surface area contributed by atoms with Gasteiger partial charge in [-0.3, -0.25) is 0 Å². The summed E-state index contributed by atoms with van der Waals surface area (Å²) in [5.41, 5.74) is 0.728. The molecule has 3 unspecified atom stereocenters. The molecule has 0 aliphatic heterocycles. The molecule has 0 bridgehead atoms. The lowest BCUT2D eigenvalue weighted by Gasteiger charge is -2.59. The molecule has 0 nitrogen and oxygen atoms in total. The van der Waals surface area contributed by atoms with Crippen LogP contribution < -0.4 is 0 Å². The van der Waals surface area contributed by atoms with E-state index in [1.54, 1.807) is 0 Å². The van der Waals surface area contributed by atoms with E-state index in [1.165, 1.54) is 19.3 Å². The zero-order chi connectivity index (χ0) is 8.93. The van der Waals surface area contributed by atoms with Crippen LogP contribution >= 0.6 is 0 Å². The van der Waals surface area contributed by atoms with Crippen molar-refractivity contribution >= 4 is 0 Å². The van der Waals surface area contributed by atoms with Crippen LogP contribution in [-0.4, -0.2) is 0 Å². The van der Waals surface area contributed by atoms with Gasteiger partial charge in [0.05, 0.1) is 0 Å². The highest BCUT2D eigenvalue weighted by atomic mass is 14.6. The second-order valence-corrected chi connectivity index (χ2v) is 5.75. The summed E-state index contributed by atoms with van der Waals surface area (Å²) in [5, 5.41) is 0. The lowest BCUT2D eigenvalue weighted by molar-refractivity contribution is -0.0995. The van der Waals surface area contributed by atoms with Crippen molar-refractivity contribution in [3.05, 3.63) is 0 Å². The first kappa shape index (κ1) is 8.59. The highest BCUT2D eigenvalue weighted by molar-refractivity contribution is 5.02. The van der Waals surface area contributed by atoms with Gasteiger partial charge in [0.25, 0.3) is 0 Å². The maximum Gasteiger partial charge on any atom is -0.0266 e. The Kier molecular flexibility index (Phi) is 1.79. The molecule has 0 spiro atoms. The van der Waals surface area contributed by atoms with Gasteiger partial charge < -0.3 is 0 Å². The Morgan fingerprint density at radius 3 is 2.00 bits per heavy atom. The maximum atomic E-state index is 2.52. The molecule has 0 aromatic rings. The zero-order valence-electron chi connectivity index (χ0n) is 8.93. The summed E-state index contributed by atoms with van der Waals surface area (Å²) in [7, 11) is 0. The number of hydrogen-bond donors (Lipinski definition) is 0. The maximum absolute atomic E-state index is 2.52. The molecule has 2 rings (SSSR count). The first-order valence-corrected chi connectivity index (χ1v) is 5.54. The Labute approximate surface area is 76.7 Å². The van der Waals surface area contributed by atoms with Crippen LogP contribution in [0.15, 0.2) is 0 Å². The molecule has 70 valence electrons. The smallest absolute Gasteiger partial charge is 0.0266 e. The SMILES string of the molecule is CC1CC(C2(C)CC(C)C2C)C1. The molecule has 0 aromatic heterocycles. The van der Waals surface area contributed by atoms with Crippen LogP contribution in [0, 0.1) is 29.1 Å². The highest BCUT2D eigenvalue weighted by Crippen LogP contribution is 2.61. The van der Waals surface area contributed by atoms with Crippen molar-refractivity contribution in [2.24, 2.45) is 29.1 Å². The molecule has 3 atom stereocenters. The average Bonchev–Trinajstić information content (AvgIpc) is 1.98. The molecular formula is C12H22. The molecule has 2 saturated carbocycles. The lowest BCUT2D eigenvalue weighted by Crippen LogP contribution is -2.51. The van der Waals surface area contributed by atoms with Crippen molar-refractivity contribution in [1.29, 1.82) is 0 Å². The topological polar surface area (TPSA) is 0 Å². The highest BCUT2D eigenvalue weighted by Gasteiger charge is 2.52. The minimum atomic E-state index is 0.728. The van der Waals surface area contributed by atoms with Gasteiger partial charge in [0, 0.05) is 0 Å². The minimum Gasteiger partial charge on any atom is -0.0625 e. The molecule has 0 amide bonds. The summed E-state index contributed by atoms with van der Waals surface area (Å²) in [6.07, 6.45) is 4.51. The van der Waals surface area contributed by atoms with Gasteiger partial charge >= 0.3 is 0 Å². The van der Waals surface area contributed by atoms with Crippen molar-refractivity contribution in [1.82, 2.24) is 0 Å². The van der Waals surface area contributed by atoms with Gasteiger partial charge in [-0.1, -0.05) is 27.7 Å². The lowest BCUT2D eigenvalue weighted by atomic mass is 9.46. The van der Waals surface area contributed by atoms with Gasteiger partial charge in [-0.05, 0) is 48.3 Å². The summed E-state index contributed by atoms with van der Waals surface area (Å²) < 4.78 is 0. The van der Waals surface area contributed by atoms with E-state index in [2.05, 4.69) is 27.7 Å². The van der Waals surface area contributed by atoms with E-state index >= 15 is 0 Å². The van der Waals surface area contributed by atoms with Gasteiger partial charge in [-0.25, -0.2) is 0 Å². The Bertz CT molecular complexity index is 178. The molecule has 0 heteroatoms. The summed E-state index contributed by atoms with van der Waals surface area (Å²) in [5.74, 6) is 4.06. The monoisotopic (exact) mass is 166 g/mol. The van der Waals surface area contributed by atoms with E-state index in [9.17, 15) is 0 Å². The van der Waals surface area contributed by atoms with Crippen molar-refractivity contribution in [2.75, 3.05) is 0 Å². The summed E-state index contributed by atoms with van der Waals surface area (Å²) in [6.45, 7) is 9.78. The molecule has 0 saturated heterocycles. The van der Waals surface area contributed by atoms with Crippen LogP contribution in [0.1, 0.15) is 47.0 Å². The van der Waals surface area contributed by atoms with Crippen LogP contribution in [0.2, 0.25) is 0 Å². The van der Waals surface area contributed by atoms with Crippen LogP contribution in [0.3, 0.4) is 0 Å². The largest absolute Gasteiger partial charge is 0.0625 e. The molecule has 0 heterocycles. The fourth-order valence-electron chi connectivity index (χ4n) is 3.53. The molecule has 2 aliphatic rings. The normalized spacial score (nSPS) is 59.0. The van der Waals surface area contributed by atoms with Crippen molar-refractivity contribution in [2.45, 2.75) is 47.0 Å². The molecule has 2 fully saturated rings. The van der Waals surface area contributed by atoms with Crippen molar-refractivity contribution < 1.29 is 0 Å². The summed E-state index contributed by atoms with van der Waals surface area (Å²) in [4.78, 5) is 0. The standard InChI is InChI=1S/C12H22/c1-8-5-11(6-8)12(4)7-9(2)10(12)3/h8-11H,5-7H2,1-4H3. The fraction of sp³-hybridized carbons (Fsp3) is 1.00. The van der Waals surface area contributed by atoms with Crippen LogP contribution in [-0.2, 0) is 0 Å². The predicted molar refractivity (Wildman–Crippen MR) is 52.9 cm³/mol. The summed E-state index contributed by atoms with van der Waals surface area (Å²) >= 11 is 0. The predicted octanol–water partition coefficient (Wildman–Crippen LogP) is 3.71. The van der Waals surface area contributed by atoms with Crippen LogP contribution in [0.25, 0.3) is 0 Å². The van der Waals surface area contributed by atoms with Gasteiger partial charge in [0.15, 0.2) is 0 Å². The first-order valence-electron chi connectivity index (χ1n) is 5.54. The van der Waals surface area contributed by atoms with Gasteiger partial charge in [-0.15, -0.1) is 0 Å². The second kappa shape index (κ2) is 2.49. The Morgan fingerprint density at radius 1 is 1.08 bits per heavy atom. The van der Waals surface area contributed by atoms with E-state index in [1.807, 2.05) is 0 Å². The second-order valence-electron chi connectivity index (χ2n) is 5.75. The average molecular weight is 166 g/mol. The summed E-state index contributed by atoms with van der Waals surface area (Å²) in [6, 6.07) is 0. The fourth-order valence-corrected chi connectivity index (χ4v) is 3.53. The third-order valence-electron chi connectivity index (χ3n) is 4.96. The van der Waals surface area contributed by atoms with Crippen molar-refractivity contribution in [3.8, 4) is 0 Å². The van der Waals surface area contributed by atoms with Gasteiger partial charge in [0.2, 0.25) is 0 Å². The minimum absolute atomic E-state index is 0.728. The van der Waals surface area contributed by atoms with E-state index in [-0.39, 0.29) is 0 Å². The van der Waals surface area contributed by atoms with E-state index in [0.717, 1.165) is 29.1 Å². The molecule has 0 radical (unpaired) electrons. The Hall–Kier alpha value is 0. The van der Waals surface area contributed by atoms with E-state index < -0.39 is 0 Å². The van der Waals surface area contributed by atoms with Crippen molar-refractivity contribution in [3.63, 3.8) is 0 Å². The van der Waals surface area contributed by atoms with Gasteiger partial charge in [-0.2, -0.15) is 0 Å².